The van der Waals surface area contributed by atoms with Gasteiger partial charge in [0, 0.05) is 35.0 Å². The van der Waals surface area contributed by atoms with Gasteiger partial charge in [-0.05, 0) is 37.0 Å². The molecule has 1 spiro atoms. The molecule has 29 heavy (non-hydrogen) atoms. The Balaban J connectivity index is 1.73. The molecule has 156 valence electrons. The van der Waals surface area contributed by atoms with Crippen molar-refractivity contribution < 1.29 is 13.2 Å². The van der Waals surface area contributed by atoms with Crippen molar-refractivity contribution in [3.63, 3.8) is 0 Å². The molecule has 1 aromatic heterocycles. The summed E-state index contributed by atoms with van der Waals surface area (Å²) in [5.74, 6) is 0.958. The highest BCUT2D eigenvalue weighted by Crippen LogP contribution is 2.50. The lowest BCUT2D eigenvalue weighted by Crippen LogP contribution is -2.35. The van der Waals surface area contributed by atoms with E-state index in [1.165, 1.54) is 6.26 Å². The summed E-state index contributed by atoms with van der Waals surface area (Å²) >= 11 is 6.61. The van der Waals surface area contributed by atoms with Gasteiger partial charge in [0.15, 0.2) is 9.84 Å². The van der Waals surface area contributed by atoms with E-state index in [1.54, 1.807) is 6.07 Å². The molecule has 1 saturated heterocycles. The molecule has 4 rings (SSSR count). The molecule has 2 heterocycles. The normalized spacial score (nSPS) is 21.2. The van der Waals surface area contributed by atoms with E-state index in [1.807, 2.05) is 25.1 Å². The molecule has 1 aliphatic heterocycles. The number of ether oxygens (including phenoxy) is 1. The molecular formula is C20H25ClN4O3S. The van der Waals surface area contributed by atoms with Crippen LogP contribution in [-0.2, 0) is 20.3 Å². The van der Waals surface area contributed by atoms with Gasteiger partial charge in [-0.1, -0.05) is 23.7 Å². The van der Waals surface area contributed by atoms with Crippen LogP contribution in [0, 0.1) is 12.3 Å². The van der Waals surface area contributed by atoms with E-state index in [0.717, 1.165) is 36.5 Å². The fourth-order valence-electron chi connectivity index (χ4n) is 3.93. The second-order valence-corrected chi connectivity index (χ2v) is 10.9. The zero-order valence-corrected chi connectivity index (χ0v) is 18.1. The smallest absolute Gasteiger partial charge is 0.222 e. The Kier molecular flexibility index (Phi) is 5.21. The zero-order valence-electron chi connectivity index (χ0n) is 16.6. The summed E-state index contributed by atoms with van der Waals surface area (Å²) in [6.07, 6.45) is 3.46. The highest BCUT2D eigenvalue weighted by Gasteiger charge is 2.48. The molecule has 0 radical (unpaired) electrons. The molecular weight excluding hydrogens is 412 g/mol. The summed E-state index contributed by atoms with van der Waals surface area (Å²) < 4.78 is 29.3. The van der Waals surface area contributed by atoms with Crippen molar-refractivity contribution in [2.45, 2.75) is 31.6 Å². The molecule has 9 heteroatoms. The average molecular weight is 437 g/mol. The predicted octanol–water partition coefficient (Wildman–Crippen LogP) is 2.92. The van der Waals surface area contributed by atoms with Crippen LogP contribution < -0.4 is 10.6 Å². The summed E-state index contributed by atoms with van der Waals surface area (Å²) in [4.78, 5) is 10.9. The number of rotatable bonds is 4. The number of anilines is 2. The largest absolute Gasteiger partial charge is 0.378 e. The van der Waals surface area contributed by atoms with Gasteiger partial charge in [0.2, 0.25) is 5.95 Å². The Labute approximate surface area is 176 Å². The van der Waals surface area contributed by atoms with E-state index >= 15 is 0 Å². The minimum Gasteiger partial charge on any atom is -0.378 e. The topological polar surface area (TPSA) is 98.4 Å². The summed E-state index contributed by atoms with van der Waals surface area (Å²) in [5.41, 5.74) is 8.42. The molecule has 0 bridgehead atoms. The third-order valence-electron chi connectivity index (χ3n) is 5.53. The molecule has 1 saturated carbocycles. The molecule has 0 unspecified atom stereocenters. The molecule has 1 aromatic carbocycles. The van der Waals surface area contributed by atoms with Crippen LogP contribution in [0.2, 0.25) is 5.02 Å². The molecule has 2 aliphatic rings. The van der Waals surface area contributed by atoms with Gasteiger partial charge in [-0.2, -0.15) is 4.98 Å². The zero-order chi connectivity index (χ0) is 20.8. The number of nitrogens with two attached hydrogens (primary N) is 1. The van der Waals surface area contributed by atoms with E-state index < -0.39 is 9.84 Å². The molecule has 1 atom stereocenters. The first kappa shape index (κ1) is 20.4. The van der Waals surface area contributed by atoms with E-state index in [9.17, 15) is 8.42 Å². The van der Waals surface area contributed by atoms with Crippen LogP contribution in [0.4, 0.5) is 11.8 Å². The van der Waals surface area contributed by atoms with Crippen molar-refractivity contribution in [1.29, 1.82) is 0 Å². The van der Waals surface area contributed by atoms with Gasteiger partial charge in [-0.3, -0.25) is 0 Å². The monoisotopic (exact) mass is 436 g/mol. The fourth-order valence-corrected chi connectivity index (χ4v) is 5.04. The quantitative estimate of drug-likeness (QED) is 0.786. The number of hydrogen-bond acceptors (Lipinski definition) is 7. The standard InChI is InChI=1S/C20H25ClN4O3S/c1-13-7-18(24-19(22)23-13)25-11-20(5-6-20)12-28-9-17(25)15-4-3-14(8-16(15)21)10-29(2,26)27/h3-4,7-8,17H,5-6,9-12H2,1-2H3,(H2,22,23,24)/t17-/m0/s1. The molecule has 2 fully saturated rings. The van der Waals surface area contributed by atoms with E-state index in [4.69, 9.17) is 22.1 Å². The van der Waals surface area contributed by atoms with Crippen LogP contribution in [0.1, 0.15) is 35.7 Å². The van der Waals surface area contributed by atoms with Gasteiger partial charge < -0.3 is 15.4 Å². The van der Waals surface area contributed by atoms with E-state index in [-0.39, 0.29) is 23.2 Å². The van der Waals surface area contributed by atoms with Gasteiger partial charge in [0.05, 0.1) is 25.0 Å². The summed E-state index contributed by atoms with van der Waals surface area (Å²) in [7, 11) is -3.13. The third kappa shape index (κ3) is 4.65. The maximum Gasteiger partial charge on any atom is 0.222 e. The number of hydrogen-bond donors (Lipinski definition) is 1. The molecule has 2 aromatic rings. The third-order valence-corrected chi connectivity index (χ3v) is 6.71. The van der Waals surface area contributed by atoms with Crippen molar-refractivity contribution in [3.8, 4) is 0 Å². The van der Waals surface area contributed by atoms with Crippen molar-refractivity contribution in [2.24, 2.45) is 5.41 Å². The van der Waals surface area contributed by atoms with E-state index in [0.29, 0.717) is 23.8 Å². The predicted molar refractivity (Wildman–Crippen MR) is 114 cm³/mol. The summed E-state index contributed by atoms with van der Waals surface area (Å²) in [5, 5.41) is 0.523. The second kappa shape index (κ2) is 7.41. The lowest BCUT2D eigenvalue weighted by Gasteiger charge is -2.33. The number of nitrogens with zero attached hydrogens (tertiary/aromatic N) is 3. The lowest BCUT2D eigenvalue weighted by atomic mass is 10.0. The Hall–Kier alpha value is -1.90. The summed E-state index contributed by atoms with van der Waals surface area (Å²) in [6, 6.07) is 7.22. The number of nitrogen functional groups attached to an aromatic ring is 1. The van der Waals surface area contributed by atoms with Crippen molar-refractivity contribution >= 4 is 33.2 Å². The van der Waals surface area contributed by atoms with Crippen LogP contribution in [0.15, 0.2) is 24.3 Å². The van der Waals surface area contributed by atoms with Crippen molar-refractivity contribution in [1.82, 2.24) is 9.97 Å². The van der Waals surface area contributed by atoms with Gasteiger partial charge in [0.25, 0.3) is 0 Å². The Bertz CT molecular complexity index is 1020. The maximum atomic E-state index is 11.6. The number of benzene rings is 1. The minimum atomic E-state index is -3.13. The fraction of sp³-hybridized carbons (Fsp3) is 0.500. The SMILES string of the molecule is Cc1cc(N2CC3(CC3)COC[C@H]2c2ccc(CS(C)(=O)=O)cc2Cl)nc(N)n1. The highest BCUT2D eigenvalue weighted by atomic mass is 35.5. The van der Waals surface area contributed by atoms with Crippen LogP contribution in [0.25, 0.3) is 0 Å². The number of aryl methyl sites for hydroxylation is 1. The van der Waals surface area contributed by atoms with E-state index in [2.05, 4.69) is 14.9 Å². The molecule has 1 aliphatic carbocycles. The van der Waals surface area contributed by atoms with Crippen LogP contribution in [0.5, 0.6) is 0 Å². The Morgan fingerprint density at radius 3 is 2.69 bits per heavy atom. The van der Waals surface area contributed by atoms with Crippen molar-refractivity contribution in [2.75, 3.05) is 36.6 Å². The van der Waals surface area contributed by atoms with Crippen LogP contribution in [-0.4, -0.2) is 44.4 Å². The molecule has 2 N–H and O–H groups in total. The Morgan fingerprint density at radius 1 is 1.31 bits per heavy atom. The lowest BCUT2D eigenvalue weighted by molar-refractivity contribution is 0.103. The Morgan fingerprint density at radius 2 is 2.07 bits per heavy atom. The second-order valence-electron chi connectivity index (χ2n) is 8.31. The van der Waals surface area contributed by atoms with Gasteiger partial charge in [0.1, 0.15) is 5.82 Å². The summed E-state index contributed by atoms with van der Waals surface area (Å²) in [6.45, 7) is 3.87. The molecule has 0 amide bonds. The number of aromatic nitrogens is 2. The first-order valence-corrected chi connectivity index (χ1v) is 12.0. The first-order chi connectivity index (χ1) is 13.6. The first-order valence-electron chi connectivity index (χ1n) is 9.56. The average Bonchev–Trinajstić information content (AvgIpc) is 3.38. The van der Waals surface area contributed by atoms with Gasteiger partial charge >= 0.3 is 0 Å². The van der Waals surface area contributed by atoms with Crippen LogP contribution >= 0.6 is 11.6 Å². The highest BCUT2D eigenvalue weighted by molar-refractivity contribution is 7.89. The van der Waals surface area contributed by atoms with Gasteiger partial charge in [-0.15, -0.1) is 0 Å². The molecule has 7 nitrogen and oxygen atoms in total. The van der Waals surface area contributed by atoms with Crippen LogP contribution in [0.3, 0.4) is 0 Å². The maximum absolute atomic E-state index is 11.6. The number of sulfone groups is 1. The van der Waals surface area contributed by atoms with Crippen molar-refractivity contribution in [3.05, 3.63) is 46.1 Å². The minimum absolute atomic E-state index is 0.0391. The number of halogens is 1. The van der Waals surface area contributed by atoms with Gasteiger partial charge in [-0.25, -0.2) is 13.4 Å².